The second-order valence-electron chi connectivity index (χ2n) is 7.65. The van der Waals surface area contributed by atoms with Gasteiger partial charge in [-0.2, -0.15) is 6.07 Å². The first-order chi connectivity index (χ1) is 13.8. The first-order valence-corrected chi connectivity index (χ1v) is 15.1. The molecule has 0 saturated heterocycles. The van der Waals surface area contributed by atoms with Crippen molar-refractivity contribution in [3.8, 4) is 0 Å². The molecule has 0 aliphatic carbocycles. The largest absolute Gasteiger partial charge is 0.748 e. The molecule has 0 fully saturated rings. The molecule has 0 N–H and O–H groups in total. The van der Waals surface area contributed by atoms with Gasteiger partial charge in [0.2, 0.25) is 0 Å². The van der Waals surface area contributed by atoms with Crippen molar-refractivity contribution in [1.29, 1.82) is 0 Å². The monoisotopic (exact) mass is 508 g/mol. The van der Waals surface area contributed by atoms with Crippen LogP contribution in [0.25, 0.3) is 0 Å². The second-order valence-corrected chi connectivity index (χ2v) is 12.6. The molecule has 3 heteroatoms. The Morgan fingerprint density at radius 2 is 1.10 bits per heavy atom. The van der Waals surface area contributed by atoms with Gasteiger partial charge >= 0.3 is 0 Å². The smallest absolute Gasteiger partial charge is 0 e. The van der Waals surface area contributed by atoms with Gasteiger partial charge in [0.05, 0.1) is 0 Å². The van der Waals surface area contributed by atoms with Crippen LogP contribution in [0.1, 0.15) is 79.1 Å². The van der Waals surface area contributed by atoms with Crippen molar-refractivity contribution in [3.63, 3.8) is 0 Å². The van der Waals surface area contributed by atoms with Crippen molar-refractivity contribution in [2.75, 3.05) is 24.6 Å². The molecular formula is C26H44P2Zr-6. The van der Waals surface area contributed by atoms with E-state index in [1.165, 1.54) is 76.0 Å². The van der Waals surface area contributed by atoms with Crippen LogP contribution in [0.5, 0.6) is 0 Å². The summed E-state index contributed by atoms with van der Waals surface area (Å²) in [7, 11) is 0.205. The zero-order valence-electron chi connectivity index (χ0n) is 19.5. The van der Waals surface area contributed by atoms with Crippen LogP contribution in [0.4, 0.5) is 0 Å². The SMILES string of the molecule is CCCCP(CCCC)c1ccc[c-]1P(CCCC)CCCC.[Zr].[cH-]1[cH-][cH-][cH-][cH-]1. The van der Waals surface area contributed by atoms with Gasteiger partial charge in [-0.25, -0.2) is 12.1 Å². The molecule has 0 radical (unpaired) electrons. The minimum absolute atomic E-state index is 0. The van der Waals surface area contributed by atoms with Crippen LogP contribution in [-0.2, 0) is 26.2 Å². The summed E-state index contributed by atoms with van der Waals surface area (Å²) in [5, 5.41) is 3.61. The third-order valence-electron chi connectivity index (χ3n) is 5.13. The van der Waals surface area contributed by atoms with Gasteiger partial charge in [-0.3, -0.25) is 0 Å². The van der Waals surface area contributed by atoms with Gasteiger partial charge in [-0.1, -0.05) is 66.2 Å². The van der Waals surface area contributed by atoms with E-state index in [0.717, 1.165) is 0 Å². The van der Waals surface area contributed by atoms with Crippen LogP contribution in [0.3, 0.4) is 0 Å². The molecule has 0 aromatic heterocycles. The van der Waals surface area contributed by atoms with Gasteiger partial charge in [0.25, 0.3) is 0 Å². The summed E-state index contributed by atoms with van der Waals surface area (Å²) in [6.07, 6.45) is 16.9. The average Bonchev–Trinajstić information content (AvgIpc) is 3.43. The van der Waals surface area contributed by atoms with Crippen molar-refractivity contribution in [3.05, 3.63) is 48.5 Å². The molecule has 0 saturated carbocycles. The molecule has 0 heterocycles. The standard InChI is InChI=1S/C21H39P2.C5H5.Zr/c1-5-9-16-22(17-10-6-2)20-14-13-15-21(20)23(18-11-7-3)19-12-8-4;1-2-4-5-3-1;/h13-15H,5-12,16-19H2,1-4H3;1-5H;/q-1;-5;. The average molecular weight is 510 g/mol. The van der Waals surface area contributed by atoms with Crippen molar-refractivity contribution in [1.82, 2.24) is 0 Å². The van der Waals surface area contributed by atoms with Crippen LogP contribution in [-0.4, -0.2) is 24.6 Å². The summed E-state index contributed by atoms with van der Waals surface area (Å²) in [5.74, 6) is 0. The minimum Gasteiger partial charge on any atom is -0.748 e. The van der Waals surface area contributed by atoms with Crippen molar-refractivity contribution >= 4 is 26.5 Å². The van der Waals surface area contributed by atoms with Crippen LogP contribution >= 0.6 is 15.8 Å². The fraction of sp³-hybridized carbons (Fsp3) is 0.615. The third kappa shape index (κ3) is 12.8. The Kier molecular flexibility index (Phi) is 20.7. The van der Waals surface area contributed by atoms with Crippen molar-refractivity contribution in [2.24, 2.45) is 0 Å². The van der Waals surface area contributed by atoms with Crippen LogP contribution in [0.15, 0.2) is 48.5 Å². The zero-order chi connectivity index (χ0) is 20.5. The third-order valence-corrected chi connectivity index (χ3v) is 10.9. The van der Waals surface area contributed by atoms with E-state index in [-0.39, 0.29) is 42.0 Å². The van der Waals surface area contributed by atoms with Gasteiger partial charge in [0.15, 0.2) is 0 Å². The van der Waals surface area contributed by atoms with E-state index >= 15 is 0 Å². The minimum atomic E-state index is 0. The van der Waals surface area contributed by atoms with Crippen LogP contribution < -0.4 is 10.6 Å². The maximum Gasteiger partial charge on any atom is 0 e. The molecule has 0 bridgehead atoms. The Morgan fingerprint density at radius 1 is 0.690 bits per heavy atom. The molecule has 168 valence electrons. The van der Waals surface area contributed by atoms with E-state index in [4.69, 9.17) is 0 Å². The number of hydrogen-bond acceptors (Lipinski definition) is 0. The quantitative estimate of drug-likeness (QED) is 0.178. The van der Waals surface area contributed by atoms with Gasteiger partial charge in [0, 0.05) is 26.2 Å². The maximum absolute atomic E-state index is 2.50. The fourth-order valence-corrected chi connectivity index (χ4v) is 9.80. The Balaban J connectivity index is 0.00000113. The van der Waals surface area contributed by atoms with E-state index in [0.29, 0.717) is 0 Å². The maximum atomic E-state index is 2.50. The summed E-state index contributed by atoms with van der Waals surface area (Å²) in [4.78, 5) is 0. The molecule has 2 aromatic carbocycles. The van der Waals surface area contributed by atoms with Crippen LogP contribution in [0, 0.1) is 0 Å². The van der Waals surface area contributed by atoms with Gasteiger partial charge in [-0.05, 0) is 37.5 Å². The number of hydrogen-bond donors (Lipinski definition) is 0. The zero-order valence-corrected chi connectivity index (χ0v) is 23.7. The van der Waals surface area contributed by atoms with Gasteiger partial charge in [0.1, 0.15) is 0 Å². The summed E-state index contributed by atoms with van der Waals surface area (Å²) in [5.41, 5.74) is 0. The summed E-state index contributed by atoms with van der Waals surface area (Å²) >= 11 is 0. The first kappa shape index (κ1) is 29.4. The predicted octanol–water partition coefficient (Wildman–Crippen LogP) is 8.22. The van der Waals surface area contributed by atoms with E-state index in [9.17, 15) is 0 Å². The van der Waals surface area contributed by atoms with Crippen molar-refractivity contribution in [2.45, 2.75) is 79.1 Å². The number of unbranched alkanes of at least 4 members (excludes halogenated alkanes) is 4. The van der Waals surface area contributed by atoms with Gasteiger partial charge in [-0.15, -0.1) is 26.5 Å². The molecule has 0 atom stereocenters. The predicted molar refractivity (Wildman–Crippen MR) is 136 cm³/mol. The Bertz CT molecular complexity index is 479. The molecular weight excluding hydrogens is 465 g/mol. The van der Waals surface area contributed by atoms with E-state index in [1.54, 1.807) is 10.6 Å². The summed E-state index contributed by atoms with van der Waals surface area (Å²) in [6.45, 7) is 9.37. The van der Waals surface area contributed by atoms with Gasteiger partial charge < -0.3 is 30.3 Å². The molecule has 0 spiro atoms. The van der Waals surface area contributed by atoms with Crippen molar-refractivity contribution < 1.29 is 26.2 Å². The molecule has 0 aliphatic rings. The van der Waals surface area contributed by atoms with E-state index in [1.807, 2.05) is 30.3 Å². The molecule has 2 rings (SSSR count). The summed E-state index contributed by atoms with van der Waals surface area (Å²) < 4.78 is 0. The van der Waals surface area contributed by atoms with E-state index in [2.05, 4.69) is 45.9 Å². The first-order valence-electron chi connectivity index (χ1n) is 11.7. The molecule has 0 unspecified atom stereocenters. The molecule has 0 amide bonds. The van der Waals surface area contributed by atoms with Crippen LogP contribution in [0.2, 0.25) is 0 Å². The Morgan fingerprint density at radius 3 is 1.52 bits per heavy atom. The molecule has 2 aromatic rings. The molecule has 0 aliphatic heterocycles. The Labute approximate surface area is 204 Å². The van der Waals surface area contributed by atoms with E-state index < -0.39 is 0 Å². The second kappa shape index (κ2) is 20.4. The number of rotatable bonds is 14. The molecule has 29 heavy (non-hydrogen) atoms. The fourth-order valence-electron chi connectivity index (χ4n) is 3.36. The normalized spacial score (nSPS) is 10.7. The summed E-state index contributed by atoms with van der Waals surface area (Å²) in [6, 6.07) is 17.4. The topological polar surface area (TPSA) is 0 Å². The molecule has 0 nitrogen and oxygen atoms in total. The Hall–Kier alpha value is 0.443.